The van der Waals surface area contributed by atoms with Crippen LogP contribution in [0.15, 0.2) is 17.8 Å². The summed E-state index contributed by atoms with van der Waals surface area (Å²) < 4.78 is 8.25. The molecule has 2 fully saturated rings. The first kappa shape index (κ1) is 19.5. The molecular weight excluding hydrogens is 374 g/mol. The fourth-order valence-electron chi connectivity index (χ4n) is 4.10. The van der Waals surface area contributed by atoms with Crippen LogP contribution in [0.3, 0.4) is 0 Å². The number of aromatic nitrogens is 3. The van der Waals surface area contributed by atoms with Crippen molar-refractivity contribution in [1.29, 1.82) is 0 Å². The highest BCUT2D eigenvalue weighted by molar-refractivity contribution is 7.09. The molecule has 2 aliphatic heterocycles. The molecule has 0 bridgehead atoms. The Hall–Kier alpha value is -1.77. The summed E-state index contributed by atoms with van der Waals surface area (Å²) in [5.41, 5.74) is 3.79. The van der Waals surface area contributed by atoms with Gasteiger partial charge < -0.3 is 9.64 Å². The van der Waals surface area contributed by atoms with Crippen molar-refractivity contribution in [3.05, 3.63) is 34.0 Å². The highest BCUT2D eigenvalue weighted by Crippen LogP contribution is 2.31. The van der Waals surface area contributed by atoms with Gasteiger partial charge in [-0.3, -0.25) is 14.4 Å². The lowest BCUT2D eigenvalue weighted by Crippen LogP contribution is -2.51. The third kappa shape index (κ3) is 4.29. The SMILES string of the molecule is CCn1ccc(CN2CCC3(CC2)CN(Cc2scnc2C)C(=O)CCO3)n1. The molecule has 2 aromatic heterocycles. The molecule has 0 aromatic carbocycles. The molecule has 152 valence electrons. The highest BCUT2D eigenvalue weighted by Gasteiger charge is 2.40. The van der Waals surface area contributed by atoms with E-state index < -0.39 is 0 Å². The smallest absolute Gasteiger partial charge is 0.225 e. The lowest BCUT2D eigenvalue weighted by Gasteiger charge is -2.42. The van der Waals surface area contributed by atoms with E-state index in [0.29, 0.717) is 26.1 Å². The minimum atomic E-state index is -0.218. The summed E-state index contributed by atoms with van der Waals surface area (Å²) >= 11 is 1.63. The predicted octanol–water partition coefficient (Wildman–Crippen LogP) is 2.45. The van der Waals surface area contributed by atoms with Gasteiger partial charge in [-0.1, -0.05) is 0 Å². The summed E-state index contributed by atoms with van der Waals surface area (Å²) in [6.45, 7) is 9.70. The van der Waals surface area contributed by atoms with Crippen LogP contribution in [0.25, 0.3) is 0 Å². The van der Waals surface area contributed by atoms with Crippen LogP contribution in [0, 0.1) is 6.92 Å². The summed E-state index contributed by atoms with van der Waals surface area (Å²) in [5, 5.41) is 4.60. The van der Waals surface area contributed by atoms with Gasteiger partial charge in [0.1, 0.15) is 0 Å². The van der Waals surface area contributed by atoms with Crippen LogP contribution in [0.2, 0.25) is 0 Å². The van der Waals surface area contributed by atoms with Gasteiger partial charge in [0, 0.05) is 37.3 Å². The molecule has 0 N–H and O–H groups in total. The zero-order valence-electron chi connectivity index (χ0n) is 16.8. The van der Waals surface area contributed by atoms with Gasteiger partial charge in [0.2, 0.25) is 5.91 Å². The maximum absolute atomic E-state index is 12.6. The van der Waals surface area contributed by atoms with Crippen LogP contribution in [-0.2, 0) is 29.2 Å². The lowest BCUT2D eigenvalue weighted by molar-refractivity contribution is -0.132. The number of nitrogens with zero attached hydrogens (tertiary/aromatic N) is 5. The van der Waals surface area contributed by atoms with Gasteiger partial charge in [-0.15, -0.1) is 11.3 Å². The normalized spacial score (nSPS) is 20.6. The van der Waals surface area contributed by atoms with E-state index in [-0.39, 0.29) is 11.5 Å². The van der Waals surface area contributed by atoms with Crippen LogP contribution < -0.4 is 0 Å². The number of hydrogen-bond donors (Lipinski definition) is 0. The van der Waals surface area contributed by atoms with Gasteiger partial charge >= 0.3 is 0 Å². The second-order valence-electron chi connectivity index (χ2n) is 7.83. The average Bonchev–Trinajstić information content (AvgIpc) is 3.28. The first-order valence-electron chi connectivity index (χ1n) is 10.1. The van der Waals surface area contributed by atoms with E-state index in [1.54, 1.807) is 11.3 Å². The summed E-state index contributed by atoms with van der Waals surface area (Å²) in [7, 11) is 0. The summed E-state index contributed by atoms with van der Waals surface area (Å²) in [4.78, 5) is 22.6. The number of thiazole rings is 1. The number of rotatable bonds is 5. The van der Waals surface area contributed by atoms with Gasteiger partial charge in [0.05, 0.1) is 48.6 Å². The molecule has 0 atom stereocenters. The highest BCUT2D eigenvalue weighted by atomic mass is 32.1. The van der Waals surface area contributed by atoms with E-state index in [1.165, 1.54) is 4.88 Å². The molecule has 4 heterocycles. The number of amides is 1. The minimum absolute atomic E-state index is 0.192. The maximum atomic E-state index is 12.6. The van der Waals surface area contributed by atoms with Crippen LogP contribution in [-0.4, -0.2) is 62.3 Å². The number of hydrogen-bond acceptors (Lipinski definition) is 6. The van der Waals surface area contributed by atoms with Gasteiger partial charge in [-0.2, -0.15) is 5.10 Å². The first-order valence-corrected chi connectivity index (χ1v) is 11.0. The van der Waals surface area contributed by atoms with Crippen molar-refractivity contribution in [2.45, 2.75) is 58.3 Å². The van der Waals surface area contributed by atoms with E-state index in [9.17, 15) is 4.79 Å². The number of ether oxygens (including phenoxy) is 1. The Kier molecular flexibility index (Phi) is 5.80. The fourth-order valence-corrected chi connectivity index (χ4v) is 4.90. The van der Waals surface area contributed by atoms with Crippen molar-refractivity contribution in [1.82, 2.24) is 24.6 Å². The number of carbonyl (C=O) groups excluding carboxylic acids is 1. The molecule has 0 radical (unpaired) electrons. The number of carbonyl (C=O) groups is 1. The molecule has 4 rings (SSSR count). The number of aryl methyl sites for hydroxylation is 2. The standard InChI is InChI=1S/C20H29N5O2S/c1-3-25-8-4-17(22-25)12-23-9-6-20(7-10-23)14-24(19(26)5-11-27-20)13-18-16(2)21-15-28-18/h4,8,15H,3,5-7,9-14H2,1-2H3. The Balaban J connectivity index is 1.38. The molecule has 0 unspecified atom stereocenters. The summed E-state index contributed by atoms with van der Waals surface area (Å²) in [6.07, 6.45) is 4.41. The van der Waals surface area contributed by atoms with Crippen LogP contribution >= 0.6 is 11.3 Å². The predicted molar refractivity (Wildman–Crippen MR) is 108 cm³/mol. The number of likely N-dealkylation sites (tertiary alicyclic amines) is 1. The maximum Gasteiger partial charge on any atom is 0.225 e. The van der Waals surface area contributed by atoms with Crippen LogP contribution in [0.5, 0.6) is 0 Å². The number of piperidine rings is 1. The van der Waals surface area contributed by atoms with Gasteiger partial charge in [-0.05, 0) is 32.8 Å². The van der Waals surface area contributed by atoms with E-state index in [1.807, 2.05) is 28.2 Å². The second kappa shape index (κ2) is 8.31. The van der Waals surface area contributed by atoms with Crippen molar-refractivity contribution in [2.75, 3.05) is 26.2 Å². The fraction of sp³-hybridized carbons (Fsp3) is 0.650. The average molecular weight is 404 g/mol. The van der Waals surface area contributed by atoms with Gasteiger partial charge in [0.25, 0.3) is 0 Å². The molecule has 8 heteroatoms. The Morgan fingerprint density at radius 3 is 2.79 bits per heavy atom. The van der Waals surface area contributed by atoms with Gasteiger partial charge in [-0.25, -0.2) is 4.98 Å². The molecule has 1 spiro atoms. The second-order valence-corrected chi connectivity index (χ2v) is 8.77. The van der Waals surface area contributed by atoms with Crippen LogP contribution in [0.4, 0.5) is 0 Å². The molecule has 2 saturated heterocycles. The van der Waals surface area contributed by atoms with Crippen molar-refractivity contribution < 1.29 is 9.53 Å². The Bertz CT molecular complexity index is 809. The topological polar surface area (TPSA) is 63.5 Å². The molecule has 0 aliphatic carbocycles. The zero-order valence-corrected chi connectivity index (χ0v) is 17.6. The molecule has 2 aromatic rings. The Labute approximate surface area is 170 Å². The van der Waals surface area contributed by atoms with E-state index in [4.69, 9.17) is 4.74 Å². The third-order valence-corrected chi connectivity index (χ3v) is 6.83. The zero-order chi connectivity index (χ0) is 19.6. The van der Waals surface area contributed by atoms with E-state index in [0.717, 1.165) is 50.4 Å². The molecular formula is C20H29N5O2S. The van der Waals surface area contributed by atoms with E-state index in [2.05, 4.69) is 28.0 Å². The summed E-state index contributed by atoms with van der Waals surface area (Å²) in [6, 6.07) is 2.10. The largest absolute Gasteiger partial charge is 0.373 e. The van der Waals surface area contributed by atoms with Crippen molar-refractivity contribution in [2.24, 2.45) is 0 Å². The third-order valence-electron chi connectivity index (χ3n) is 5.91. The van der Waals surface area contributed by atoms with Gasteiger partial charge in [0.15, 0.2) is 0 Å². The Morgan fingerprint density at radius 2 is 2.11 bits per heavy atom. The monoisotopic (exact) mass is 403 g/mol. The van der Waals surface area contributed by atoms with Crippen molar-refractivity contribution in [3.8, 4) is 0 Å². The first-order chi connectivity index (χ1) is 13.6. The molecule has 2 aliphatic rings. The van der Waals surface area contributed by atoms with Crippen molar-refractivity contribution in [3.63, 3.8) is 0 Å². The molecule has 28 heavy (non-hydrogen) atoms. The van der Waals surface area contributed by atoms with Crippen molar-refractivity contribution >= 4 is 17.2 Å². The Morgan fingerprint density at radius 1 is 1.29 bits per heavy atom. The van der Waals surface area contributed by atoms with E-state index >= 15 is 0 Å². The minimum Gasteiger partial charge on any atom is -0.373 e. The summed E-state index contributed by atoms with van der Waals surface area (Å²) in [5.74, 6) is 0.192. The van der Waals surface area contributed by atoms with Crippen LogP contribution in [0.1, 0.15) is 42.5 Å². The molecule has 0 saturated carbocycles. The molecule has 1 amide bonds. The quantitative estimate of drug-likeness (QED) is 0.767. The molecule has 7 nitrogen and oxygen atoms in total. The lowest BCUT2D eigenvalue weighted by atomic mass is 9.90.